The first-order valence-electron chi connectivity index (χ1n) is 5.25. The molecule has 6 heteroatoms. The molecule has 1 amide bonds. The van der Waals surface area contributed by atoms with Crippen LogP contribution in [0.4, 0.5) is 4.79 Å². The van der Waals surface area contributed by atoms with Gasteiger partial charge in [0.2, 0.25) is 0 Å². The average molecular weight is 231 g/mol. The number of methoxy groups -OCH3 is 1. The highest BCUT2D eigenvalue weighted by atomic mass is 16.6. The molecule has 1 atom stereocenters. The molecule has 1 heterocycles. The van der Waals surface area contributed by atoms with E-state index in [1.807, 2.05) is 0 Å². The van der Waals surface area contributed by atoms with Crippen LogP contribution in [0.1, 0.15) is 19.8 Å². The van der Waals surface area contributed by atoms with Crippen molar-refractivity contribution in [2.24, 2.45) is 0 Å². The summed E-state index contributed by atoms with van der Waals surface area (Å²) in [7, 11) is 1.31. The zero-order valence-corrected chi connectivity index (χ0v) is 9.51. The number of carbonyl (C=O) groups is 2. The third-order valence-electron chi connectivity index (χ3n) is 2.64. The number of likely N-dealkylation sites (tertiary alicyclic amines) is 1. The molecule has 0 radical (unpaired) electrons. The SMILES string of the molecule is COC(=O)C(C)OC1CCN(C(=O)O)CC1. The maximum Gasteiger partial charge on any atom is 0.407 e. The predicted octanol–water partition coefficient (Wildman–Crippen LogP) is 0.707. The molecule has 92 valence electrons. The molecule has 0 aromatic carbocycles. The number of ether oxygens (including phenoxy) is 2. The van der Waals surface area contributed by atoms with E-state index < -0.39 is 18.2 Å². The van der Waals surface area contributed by atoms with Gasteiger partial charge in [0, 0.05) is 13.1 Å². The molecular formula is C10H17NO5. The number of piperidine rings is 1. The van der Waals surface area contributed by atoms with Gasteiger partial charge in [0.25, 0.3) is 0 Å². The van der Waals surface area contributed by atoms with Crippen LogP contribution in [-0.2, 0) is 14.3 Å². The van der Waals surface area contributed by atoms with E-state index >= 15 is 0 Å². The van der Waals surface area contributed by atoms with Gasteiger partial charge in [-0.1, -0.05) is 0 Å². The van der Waals surface area contributed by atoms with Gasteiger partial charge in [0.05, 0.1) is 13.2 Å². The number of nitrogens with zero attached hydrogens (tertiary/aromatic N) is 1. The zero-order valence-electron chi connectivity index (χ0n) is 9.51. The summed E-state index contributed by atoms with van der Waals surface area (Å²) in [6, 6.07) is 0. The van der Waals surface area contributed by atoms with Crippen molar-refractivity contribution in [3.8, 4) is 0 Å². The van der Waals surface area contributed by atoms with E-state index in [4.69, 9.17) is 9.84 Å². The summed E-state index contributed by atoms with van der Waals surface area (Å²) >= 11 is 0. The van der Waals surface area contributed by atoms with Crippen molar-refractivity contribution in [2.75, 3.05) is 20.2 Å². The van der Waals surface area contributed by atoms with E-state index in [-0.39, 0.29) is 6.10 Å². The smallest absolute Gasteiger partial charge is 0.407 e. The van der Waals surface area contributed by atoms with E-state index in [9.17, 15) is 9.59 Å². The number of carboxylic acid groups (broad SMARTS) is 1. The predicted molar refractivity (Wildman–Crippen MR) is 55.2 cm³/mol. The standard InChI is InChI=1S/C10H17NO5/c1-7(9(12)15-2)16-8-3-5-11(6-4-8)10(13)14/h7-8H,3-6H2,1-2H3,(H,13,14). The lowest BCUT2D eigenvalue weighted by molar-refractivity contribution is -0.158. The van der Waals surface area contributed by atoms with Crippen LogP contribution in [0.3, 0.4) is 0 Å². The number of hydrogen-bond acceptors (Lipinski definition) is 4. The van der Waals surface area contributed by atoms with Crippen LogP contribution in [-0.4, -0.2) is 54.5 Å². The Balaban J connectivity index is 2.32. The van der Waals surface area contributed by atoms with Crippen LogP contribution >= 0.6 is 0 Å². The highest BCUT2D eigenvalue weighted by Crippen LogP contribution is 2.15. The first-order valence-corrected chi connectivity index (χ1v) is 5.25. The fourth-order valence-electron chi connectivity index (χ4n) is 1.69. The number of amides is 1. The minimum Gasteiger partial charge on any atom is -0.467 e. The third kappa shape index (κ3) is 3.37. The van der Waals surface area contributed by atoms with E-state index in [0.29, 0.717) is 25.9 Å². The Morgan fingerprint density at radius 2 is 1.94 bits per heavy atom. The van der Waals surface area contributed by atoms with Crippen molar-refractivity contribution in [3.63, 3.8) is 0 Å². The van der Waals surface area contributed by atoms with E-state index in [2.05, 4.69) is 4.74 Å². The summed E-state index contributed by atoms with van der Waals surface area (Å²) in [5.74, 6) is -0.402. The Kier molecular flexibility index (Phi) is 4.54. The van der Waals surface area contributed by atoms with Crippen LogP contribution in [0.2, 0.25) is 0 Å². The molecule has 0 aromatic rings. The van der Waals surface area contributed by atoms with Gasteiger partial charge in [-0.25, -0.2) is 9.59 Å². The van der Waals surface area contributed by atoms with Gasteiger partial charge in [0.1, 0.15) is 0 Å². The van der Waals surface area contributed by atoms with Crippen LogP contribution < -0.4 is 0 Å². The summed E-state index contributed by atoms with van der Waals surface area (Å²) < 4.78 is 10.0. The molecule has 16 heavy (non-hydrogen) atoms. The largest absolute Gasteiger partial charge is 0.467 e. The van der Waals surface area contributed by atoms with Gasteiger partial charge < -0.3 is 19.5 Å². The zero-order chi connectivity index (χ0) is 12.1. The topological polar surface area (TPSA) is 76.1 Å². The molecule has 1 N–H and O–H groups in total. The Labute approximate surface area is 94.1 Å². The van der Waals surface area contributed by atoms with Gasteiger partial charge in [-0.2, -0.15) is 0 Å². The van der Waals surface area contributed by atoms with Crippen molar-refractivity contribution in [1.29, 1.82) is 0 Å². The first kappa shape index (κ1) is 12.8. The lowest BCUT2D eigenvalue weighted by Crippen LogP contribution is -2.41. The van der Waals surface area contributed by atoms with E-state index in [0.717, 1.165) is 0 Å². The maximum atomic E-state index is 11.1. The molecule has 1 fully saturated rings. The van der Waals surface area contributed by atoms with Gasteiger partial charge in [-0.15, -0.1) is 0 Å². The summed E-state index contributed by atoms with van der Waals surface area (Å²) in [6.07, 6.45) is -0.322. The third-order valence-corrected chi connectivity index (χ3v) is 2.64. The van der Waals surface area contributed by atoms with Crippen molar-refractivity contribution in [3.05, 3.63) is 0 Å². The molecule has 0 aliphatic carbocycles. The minimum absolute atomic E-state index is 0.0651. The maximum absolute atomic E-state index is 11.1. The average Bonchev–Trinajstić information content (AvgIpc) is 2.28. The van der Waals surface area contributed by atoms with Crippen LogP contribution in [0.25, 0.3) is 0 Å². The monoisotopic (exact) mass is 231 g/mol. The quantitative estimate of drug-likeness (QED) is 0.724. The number of rotatable bonds is 3. The van der Waals surface area contributed by atoms with Crippen molar-refractivity contribution < 1.29 is 24.2 Å². The summed E-state index contributed by atoms with van der Waals surface area (Å²) in [5, 5.41) is 8.74. The number of hydrogen-bond donors (Lipinski definition) is 1. The minimum atomic E-state index is -0.903. The Bertz CT molecular complexity index is 260. The van der Waals surface area contributed by atoms with Gasteiger partial charge >= 0.3 is 12.1 Å². The Morgan fingerprint density at radius 3 is 2.38 bits per heavy atom. The highest BCUT2D eigenvalue weighted by Gasteiger charge is 2.26. The molecule has 1 aliphatic rings. The molecule has 6 nitrogen and oxygen atoms in total. The summed E-state index contributed by atoms with van der Waals surface area (Å²) in [6.45, 7) is 2.54. The van der Waals surface area contributed by atoms with Gasteiger partial charge in [-0.3, -0.25) is 0 Å². The Morgan fingerprint density at radius 1 is 1.38 bits per heavy atom. The van der Waals surface area contributed by atoms with Crippen LogP contribution in [0.5, 0.6) is 0 Å². The second-order valence-electron chi connectivity index (χ2n) is 3.77. The molecular weight excluding hydrogens is 214 g/mol. The van der Waals surface area contributed by atoms with E-state index in [1.54, 1.807) is 6.92 Å². The van der Waals surface area contributed by atoms with Gasteiger partial charge in [0.15, 0.2) is 6.10 Å². The van der Waals surface area contributed by atoms with Crippen molar-refractivity contribution >= 4 is 12.1 Å². The van der Waals surface area contributed by atoms with Crippen molar-refractivity contribution in [2.45, 2.75) is 32.0 Å². The van der Waals surface area contributed by atoms with Gasteiger partial charge in [-0.05, 0) is 19.8 Å². The first-order chi connectivity index (χ1) is 7.54. The van der Waals surface area contributed by atoms with E-state index in [1.165, 1.54) is 12.0 Å². The fourth-order valence-corrected chi connectivity index (χ4v) is 1.69. The molecule has 0 bridgehead atoms. The lowest BCUT2D eigenvalue weighted by Gasteiger charge is -2.31. The van der Waals surface area contributed by atoms with Crippen LogP contribution in [0.15, 0.2) is 0 Å². The second-order valence-corrected chi connectivity index (χ2v) is 3.77. The normalized spacial score (nSPS) is 19.2. The fraction of sp³-hybridized carbons (Fsp3) is 0.800. The Hall–Kier alpha value is -1.30. The molecule has 1 saturated heterocycles. The number of esters is 1. The molecule has 1 rings (SSSR count). The highest BCUT2D eigenvalue weighted by molar-refractivity contribution is 5.74. The molecule has 0 spiro atoms. The summed E-state index contributed by atoms with van der Waals surface area (Å²) in [4.78, 5) is 23.1. The number of carbonyl (C=O) groups excluding carboxylic acids is 1. The van der Waals surface area contributed by atoms with Crippen LogP contribution in [0, 0.1) is 0 Å². The second kappa shape index (κ2) is 5.69. The summed E-state index contributed by atoms with van der Waals surface area (Å²) in [5.41, 5.74) is 0. The lowest BCUT2D eigenvalue weighted by atomic mass is 10.1. The molecule has 0 saturated carbocycles. The molecule has 1 unspecified atom stereocenters. The van der Waals surface area contributed by atoms with Crippen molar-refractivity contribution in [1.82, 2.24) is 4.90 Å². The molecule has 1 aliphatic heterocycles. The molecule has 0 aromatic heterocycles.